The SMILES string of the molecule is CCC1(C)NC(=O)CN(Cc2cccc(Cl)c2Cl)C1=O. The van der Waals surface area contributed by atoms with Gasteiger partial charge in [-0.25, -0.2) is 0 Å². The van der Waals surface area contributed by atoms with Gasteiger partial charge in [0.15, 0.2) is 0 Å². The molecule has 0 saturated carbocycles. The molecule has 1 fully saturated rings. The zero-order valence-electron chi connectivity index (χ0n) is 11.4. The average molecular weight is 315 g/mol. The average Bonchev–Trinajstić information content (AvgIpc) is 2.40. The van der Waals surface area contributed by atoms with Crippen molar-refractivity contribution in [3.8, 4) is 0 Å². The third kappa shape index (κ3) is 2.76. The van der Waals surface area contributed by atoms with E-state index in [2.05, 4.69) is 5.32 Å². The Kier molecular flexibility index (Phi) is 4.25. The van der Waals surface area contributed by atoms with E-state index in [-0.39, 0.29) is 24.9 Å². The minimum absolute atomic E-state index is 0.0390. The van der Waals surface area contributed by atoms with E-state index in [1.807, 2.05) is 6.92 Å². The monoisotopic (exact) mass is 314 g/mol. The predicted octanol–water partition coefficient (Wildman–Crippen LogP) is 2.62. The van der Waals surface area contributed by atoms with Crippen LogP contribution in [0.15, 0.2) is 18.2 Å². The van der Waals surface area contributed by atoms with Gasteiger partial charge < -0.3 is 10.2 Å². The summed E-state index contributed by atoms with van der Waals surface area (Å²) in [5.74, 6) is -0.261. The molecule has 2 rings (SSSR count). The predicted molar refractivity (Wildman–Crippen MR) is 78.7 cm³/mol. The normalized spacial score (nSPS) is 22.9. The molecule has 1 aliphatic rings. The summed E-state index contributed by atoms with van der Waals surface area (Å²) in [7, 11) is 0. The van der Waals surface area contributed by atoms with Crippen molar-refractivity contribution < 1.29 is 9.59 Å². The number of rotatable bonds is 3. The zero-order chi connectivity index (χ0) is 14.9. The van der Waals surface area contributed by atoms with E-state index in [0.717, 1.165) is 5.56 Å². The quantitative estimate of drug-likeness (QED) is 0.932. The summed E-state index contributed by atoms with van der Waals surface area (Å²) in [5, 5.41) is 3.61. The number of hydrogen-bond donors (Lipinski definition) is 1. The van der Waals surface area contributed by atoms with Crippen LogP contribution in [-0.2, 0) is 16.1 Å². The molecule has 1 N–H and O–H groups in total. The fraction of sp³-hybridized carbons (Fsp3) is 0.429. The van der Waals surface area contributed by atoms with Crippen LogP contribution in [0.2, 0.25) is 10.0 Å². The third-order valence-corrected chi connectivity index (χ3v) is 4.47. The van der Waals surface area contributed by atoms with Gasteiger partial charge in [0.05, 0.1) is 16.6 Å². The van der Waals surface area contributed by atoms with Crippen LogP contribution in [0, 0.1) is 0 Å². The van der Waals surface area contributed by atoms with Crippen LogP contribution in [0.1, 0.15) is 25.8 Å². The molecular weight excluding hydrogens is 299 g/mol. The summed E-state index contributed by atoms with van der Waals surface area (Å²) in [5.41, 5.74) is -0.110. The molecular formula is C14H16Cl2N2O2. The Morgan fingerprint density at radius 1 is 1.35 bits per heavy atom. The van der Waals surface area contributed by atoms with Crippen molar-refractivity contribution in [2.75, 3.05) is 6.54 Å². The van der Waals surface area contributed by atoms with E-state index >= 15 is 0 Å². The van der Waals surface area contributed by atoms with Gasteiger partial charge >= 0.3 is 0 Å². The Morgan fingerprint density at radius 2 is 2.05 bits per heavy atom. The molecule has 1 unspecified atom stereocenters. The van der Waals surface area contributed by atoms with E-state index in [1.54, 1.807) is 25.1 Å². The maximum Gasteiger partial charge on any atom is 0.248 e. The highest BCUT2D eigenvalue weighted by atomic mass is 35.5. The van der Waals surface area contributed by atoms with Gasteiger partial charge in [0.1, 0.15) is 5.54 Å². The summed E-state index contributed by atoms with van der Waals surface area (Å²) < 4.78 is 0. The second-order valence-corrected chi connectivity index (χ2v) is 5.89. The zero-order valence-corrected chi connectivity index (χ0v) is 12.9. The summed E-state index contributed by atoms with van der Waals surface area (Å²) >= 11 is 12.1. The van der Waals surface area contributed by atoms with Crippen LogP contribution in [0.25, 0.3) is 0 Å². The molecule has 2 amide bonds. The van der Waals surface area contributed by atoms with E-state index in [0.29, 0.717) is 16.5 Å². The lowest BCUT2D eigenvalue weighted by molar-refractivity contribution is -0.149. The highest BCUT2D eigenvalue weighted by Crippen LogP contribution is 2.28. The van der Waals surface area contributed by atoms with Gasteiger partial charge in [-0.05, 0) is 25.0 Å². The van der Waals surface area contributed by atoms with E-state index in [9.17, 15) is 9.59 Å². The third-order valence-electron chi connectivity index (χ3n) is 3.61. The molecule has 20 heavy (non-hydrogen) atoms. The van der Waals surface area contributed by atoms with Crippen molar-refractivity contribution in [1.82, 2.24) is 10.2 Å². The molecule has 1 saturated heterocycles. The smallest absolute Gasteiger partial charge is 0.248 e. The molecule has 1 aromatic carbocycles. The number of halogens is 2. The minimum atomic E-state index is -0.847. The summed E-state index contributed by atoms with van der Waals surface area (Å²) in [6, 6.07) is 5.27. The molecule has 0 spiro atoms. The molecule has 4 nitrogen and oxygen atoms in total. The van der Waals surface area contributed by atoms with Gasteiger partial charge in [-0.1, -0.05) is 42.3 Å². The number of benzene rings is 1. The van der Waals surface area contributed by atoms with E-state index in [4.69, 9.17) is 23.2 Å². The molecule has 1 aliphatic heterocycles. The van der Waals surface area contributed by atoms with Crippen molar-refractivity contribution in [1.29, 1.82) is 0 Å². The maximum absolute atomic E-state index is 12.5. The lowest BCUT2D eigenvalue weighted by Gasteiger charge is -2.39. The number of hydrogen-bond acceptors (Lipinski definition) is 2. The van der Waals surface area contributed by atoms with E-state index in [1.165, 1.54) is 4.90 Å². The Labute approximate surface area is 128 Å². The highest BCUT2D eigenvalue weighted by molar-refractivity contribution is 6.42. The van der Waals surface area contributed by atoms with Gasteiger partial charge in [-0.3, -0.25) is 9.59 Å². The Bertz CT molecular complexity index is 562. The van der Waals surface area contributed by atoms with Crippen LogP contribution in [0.5, 0.6) is 0 Å². The number of carbonyl (C=O) groups is 2. The number of carbonyl (C=O) groups excluding carboxylic acids is 2. The standard InChI is InChI=1S/C14H16Cl2N2O2/c1-3-14(2)13(20)18(8-11(19)17-14)7-9-5-4-6-10(15)12(9)16/h4-6H,3,7-8H2,1-2H3,(H,17,19). The van der Waals surface area contributed by atoms with Crippen LogP contribution >= 0.6 is 23.2 Å². The fourth-order valence-electron chi connectivity index (χ4n) is 2.24. The second-order valence-electron chi connectivity index (χ2n) is 5.11. The van der Waals surface area contributed by atoms with Crippen LogP contribution in [0.3, 0.4) is 0 Å². The molecule has 0 aromatic heterocycles. The lowest BCUT2D eigenvalue weighted by Crippen LogP contribution is -2.64. The first-order valence-electron chi connectivity index (χ1n) is 6.40. The summed E-state index contributed by atoms with van der Waals surface area (Å²) in [6.45, 7) is 3.92. The Morgan fingerprint density at radius 3 is 2.70 bits per heavy atom. The van der Waals surface area contributed by atoms with Crippen molar-refractivity contribution in [3.05, 3.63) is 33.8 Å². The second kappa shape index (κ2) is 5.62. The largest absolute Gasteiger partial charge is 0.340 e. The number of piperazine rings is 1. The molecule has 0 radical (unpaired) electrons. The first-order valence-corrected chi connectivity index (χ1v) is 7.16. The number of nitrogens with zero attached hydrogens (tertiary/aromatic N) is 1. The van der Waals surface area contributed by atoms with Gasteiger partial charge in [-0.15, -0.1) is 0 Å². The molecule has 0 bridgehead atoms. The molecule has 6 heteroatoms. The molecule has 0 aliphatic carbocycles. The Balaban J connectivity index is 2.26. The minimum Gasteiger partial charge on any atom is -0.340 e. The summed E-state index contributed by atoms with van der Waals surface area (Å²) in [4.78, 5) is 25.7. The van der Waals surface area contributed by atoms with Crippen molar-refractivity contribution in [3.63, 3.8) is 0 Å². The molecule has 1 atom stereocenters. The molecule has 1 aromatic rings. The van der Waals surface area contributed by atoms with Crippen LogP contribution in [0.4, 0.5) is 0 Å². The van der Waals surface area contributed by atoms with Gasteiger partial charge in [0, 0.05) is 6.54 Å². The van der Waals surface area contributed by atoms with Crippen LogP contribution in [-0.4, -0.2) is 28.8 Å². The highest BCUT2D eigenvalue weighted by Gasteiger charge is 2.41. The van der Waals surface area contributed by atoms with Crippen LogP contribution < -0.4 is 5.32 Å². The van der Waals surface area contributed by atoms with E-state index < -0.39 is 5.54 Å². The van der Waals surface area contributed by atoms with Gasteiger partial charge in [0.25, 0.3) is 0 Å². The number of amides is 2. The number of nitrogens with one attached hydrogen (secondary N) is 1. The topological polar surface area (TPSA) is 49.4 Å². The van der Waals surface area contributed by atoms with Gasteiger partial charge in [0.2, 0.25) is 11.8 Å². The van der Waals surface area contributed by atoms with Crippen molar-refractivity contribution in [2.45, 2.75) is 32.4 Å². The van der Waals surface area contributed by atoms with Crippen molar-refractivity contribution >= 4 is 35.0 Å². The lowest BCUT2D eigenvalue weighted by atomic mass is 9.94. The summed E-state index contributed by atoms with van der Waals surface area (Å²) in [6.07, 6.45) is 0.539. The first kappa shape index (κ1) is 15.1. The molecule has 1 heterocycles. The first-order chi connectivity index (χ1) is 9.37. The fourth-order valence-corrected chi connectivity index (χ4v) is 2.62. The maximum atomic E-state index is 12.5. The Hall–Kier alpha value is -1.26. The van der Waals surface area contributed by atoms with Gasteiger partial charge in [-0.2, -0.15) is 0 Å². The van der Waals surface area contributed by atoms with Crippen molar-refractivity contribution in [2.24, 2.45) is 0 Å². The molecule has 108 valence electrons.